The first-order chi connectivity index (χ1) is 15.0. The number of benzene rings is 1. The minimum absolute atomic E-state index is 0.0958. The van der Waals surface area contributed by atoms with Crippen molar-refractivity contribution in [2.75, 3.05) is 32.1 Å². The molecule has 0 saturated carbocycles. The van der Waals surface area contributed by atoms with Gasteiger partial charge in [-0.3, -0.25) is 14.5 Å². The molecule has 1 saturated heterocycles. The van der Waals surface area contributed by atoms with Crippen LogP contribution in [0.25, 0.3) is 0 Å². The van der Waals surface area contributed by atoms with Crippen LogP contribution in [0.4, 0.5) is 5.69 Å². The number of hydrogen-bond acceptors (Lipinski definition) is 5. The summed E-state index contributed by atoms with van der Waals surface area (Å²) in [6, 6.07) is 13.8. The van der Waals surface area contributed by atoms with Crippen LogP contribution < -0.4 is 9.64 Å². The zero-order valence-electron chi connectivity index (χ0n) is 18.4. The minimum Gasteiger partial charge on any atom is -0.457 e. The average Bonchev–Trinajstić information content (AvgIpc) is 3.27. The first-order valence-corrected chi connectivity index (χ1v) is 10.7. The molecule has 0 N–H and O–H groups in total. The zero-order chi connectivity index (χ0) is 21.8. The number of piperidine rings is 1. The number of aryl methyl sites for hydroxylation is 1. The Balaban J connectivity index is 1.46. The molecule has 1 atom stereocenters. The van der Waals surface area contributed by atoms with Gasteiger partial charge >= 0.3 is 0 Å². The van der Waals surface area contributed by atoms with Crippen LogP contribution in [0.1, 0.15) is 30.1 Å². The summed E-state index contributed by atoms with van der Waals surface area (Å²) in [6.07, 6.45) is 5.49. The maximum atomic E-state index is 12.7. The van der Waals surface area contributed by atoms with Crippen LogP contribution >= 0.6 is 0 Å². The zero-order valence-corrected chi connectivity index (χ0v) is 18.4. The molecule has 31 heavy (non-hydrogen) atoms. The van der Waals surface area contributed by atoms with Crippen molar-refractivity contribution in [1.29, 1.82) is 0 Å². The van der Waals surface area contributed by atoms with E-state index in [1.165, 1.54) is 0 Å². The van der Waals surface area contributed by atoms with Gasteiger partial charge < -0.3 is 14.5 Å². The molecular weight excluding hydrogens is 390 g/mol. The van der Waals surface area contributed by atoms with Gasteiger partial charge in [0.15, 0.2) is 0 Å². The molecule has 4 rings (SSSR count). The molecule has 0 bridgehead atoms. The summed E-state index contributed by atoms with van der Waals surface area (Å²) in [5.41, 5.74) is 3.02. The van der Waals surface area contributed by atoms with Gasteiger partial charge in [-0.2, -0.15) is 5.10 Å². The van der Waals surface area contributed by atoms with Crippen molar-refractivity contribution in [1.82, 2.24) is 19.7 Å². The van der Waals surface area contributed by atoms with Crippen LogP contribution in [0.15, 0.2) is 54.9 Å². The van der Waals surface area contributed by atoms with E-state index in [-0.39, 0.29) is 18.4 Å². The molecule has 1 aromatic carbocycles. The predicted octanol–water partition coefficient (Wildman–Crippen LogP) is 3.85. The van der Waals surface area contributed by atoms with Gasteiger partial charge in [-0.1, -0.05) is 0 Å². The standard InChI is InChI=1S/C24H29N5O2/c1-18-14-22(31-21-9-7-20(8-10-21)27(2)3)15-23(26-18)19-6-4-12-28(16-19)24(30)17-29-13-5-11-25-29/h5,7-11,13-15,19H,4,6,12,16-17H2,1-3H3/t19-/m1/s1. The van der Waals surface area contributed by atoms with Crippen molar-refractivity contribution >= 4 is 11.6 Å². The Labute approximate surface area is 183 Å². The Bertz CT molecular complexity index is 1010. The summed E-state index contributed by atoms with van der Waals surface area (Å²) < 4.78 is 7.79. The van der Waals surface area contributed by atoms with E-state index in [0.717, 1.165) is 48.0 Å². The third-order valence-corrected chi connectivity index (χ3v) is 5.58. The molecule has 2 aromatic heterocycles. The largest absolute Gasteiger partial charge is 0.457 e. The topological polar surface area (TPSA) is 63.5 Å². The Kier molecular flexibility index (Phi) is 6.21. The highest BCUT2D eigenvalue weighted by Gasteiger charge is 2.26. The van der Waals surface area contributed by atoms with Gasteiger partial charge in [-0.15, -0.1) is 0 Å². The number of carbonyl (C=O) groups is 1. The minimum atomic E-state index is 0.0958. The number of hydrogen-bond donors (Lipinski definition) is 0. The third kappa shape index (κ3) is 5.23. The molecule has 1 fully saturated rings. The number of carbonyl (C=O) groups excluding carboxylic acids is 1. The number of ether oxygens (including phenoxy) is 1. The van der Waals surface area contributed by atoms with E-state index >= 15 is 0 Å². The lowest BCUT2D eigenvalue weighted by molar-refractivity contribution is -0.133. The predicted molar refractivity (Wildman–Crippen MR) is 121 cm³/mol. The summed E-state index contributed by atoms with van der Waals surface area (Å²) in [6.45, 7) is 3.71. The fourth-order valence-electron chi connectivity index (χ4n) is 3.96. The Hall–Kier alpha value is -3.35. The van der Waals surface area contributed by atoms with Crippen molar-refractivity contribution in [3.05, 3.63) is 66.2 Å². The number of pyridine rings is 1. The molecule has 0 radical (unpaired) electrons. The molecule has 1 aliphatic heterocycles. The van der Waals surface area contributed by atoms with Crippen LogP contribution in [0, 0.1) is 6.92 Å². The normalized spacial score (nSPS) is 16.2. The van der Waals surface area contributed by atoms with Gasteiger partial charge in [0.2, 0.25) is 5.91 Å². The SMILES string of the molecule is Cc1cc(Oc2ccc(N(C)C)cc2)cc([C@@H]2CCCN(C(=O)Cn3cccn3)C2)n1. The van der Waals surface area contributed by atoms with Crippen LogP contribution in [-0.2, 0) is 11.3 Å². The van der Waals surface area contributed by atoms with Crippen molar-refractivity contribution in [2.24, 2.45) is 0 Å². The van der Waals surface area contributed by atoms with Gasteiger partial charge in [-0.05, 0) is 50.1 Å². The van der Waals surface area contributed by atoms with Gasteiger partial charge in [0, 0.05) is 74.7 Å². The number of anilines is 1. The first kappa shape index (κ1) is 20.9. The van der Waals surface area contributed by atoms with Crippen molar-refractivity contribution < 1.29 is 9.53 Å². The molecular formula is C24H29N5O2. The number of amides is 1. The summed E-state index contributed by atoms with van der Waals surface area (Å²) in [5, 5.41) is 4.14. The fraction of sp³-hybridized carbons (Fsp3) is 0.375. The molecule has 7 heteroatoms. The van der Waals surface area contributed by atoms with Crippen molar-refractivity contribution in [3.63, 3.8) is 0 Å². The van der Waals surface area contributed by atoms with Gasteiger partial charge in [-0.25, -0.2) is 0 Å². The molecule has 7 nitrogen and oxygen atoms in total. The second kappa shape index (κ2) is 9.20. The Morgan fingerprint density at radius 3 is 2.71 bits per heavy atom. The highest BCUT2D eigenvalue weighted by molar-refractivity contribution is 5.76. The van der Waals surface area contributed by atoms with Gasteiger partial charge in [0.05, 0.1) is 0 Å². The van der Waals surface area contributed by atoms with Crippen LogP contribution in [-0.4, -0.2) is 52.8 Å². The average molecular weight is 420 g/mol. The van der Waals surface area contributed by atoms with E-state index in [9.17, 15) is 4.79 Å². The van der Waals surface area contributed by atoms with Crippen molar-refractivity contribution in [3.8, 4) is 11.5 Å². The molecule has 1 amide bonds. The van der Waals surface area contributed by atoms with Crippen LogP contribution in [0.3, 0.4) is 0 Å². The summed E-state index contributed by atoms with van der Waals surface area (Å²) in [4.78, 5) is 21.5. The number of likely N-dealkylation sites (tertiary alicyclic amines) is 1. The van der Waals surface area contributed by atoms with Crippen molar-refractivity contribution in [2.45, 2.75) is 32.2 Å². The monoisotopic (exact) mass is 419 g/mol. The number of nitrogens with zero attached hydrogens (tertiary/aromatic N) is 5. The third-order valence-electron chi connectivity index (χ3n) is 5.58. The van der Waals surface area contributed by atoms with E-state index < -0.39 is 0 Å². The van der Waals surface area contributed by atoms with Gasteiger partial charge in [0.1, 0.15) is 18.0 Å². The van der Waals surface area contributed by atoms with E-state index in [1.807, 2.05) is 74.6 Å². The second-order valence-corrected chi connectivity index (χ2v) is 8.24. The molecule has 3 aromatic rings. The summed E-state index contributed by atoms with van der Waals surface area (Å²) in [7, 11) is 4.03. The van der Waals surface area contributed by atoms with Crippen LogP contribution in [0.5, 0.6) is 11.5 Å². The van der Waals surface area contributed by atoms with E-state index in [0.29, 0.717) is 6.54 Å². The van der Waals surface area contributed by atoms with E-state index in [1.54, 1.807) is 10.9 Å². The fourth-order valence-corrected chi connectivity index (χ4v) is 3.96. The first-order valence-electron chi connectivity index (χ1n) is 10.7. The molecule has 0 spiro atoms. The quantitative estimate of drug-likeness (QED) is 0.607. The molecule has 3 heterocycles. The lowest BCUT2D eigenvalue weighted by atomic mass is 9.94. The molecule has 0 aliphatic carbocycles. The van der Waals surface area contributed by atoms with E-state index in [2.05, 4.69) is 10.00 Å². The highest BCUT2D eigenvalue weighted by Crippen LogP contribution is 2.31. The second-order valence-electron chi connectivity index (χ2n) is 8.24. The smallest absolute Gasteiger partial charge is 0.244 e. The number of rotatable bonds is 6. The maximum Gasteiger partial charge on any atom is 0.244 e. The highest BCUT2D eigenvalue weighted by atomic mass is 16.5. The van der Waals surface area contributed by atoms with Crippen LogP contribution in [0.2, 0.25) is 0 Å². The summed E-state index contributed by atoms with van der Waals surface area (Å²) in [5.74, 6) is 1.87. The number of aromatic nitrogens is 3. The summed E-state index contributed by atoms with van der Waals surface area (Å²) >= 11 is 0. The Morgan fingerprint density at radius 2 is 2.00 bits per heavy atom. The Morgan fingerprint density at radius 1 is 1.19 bits per heavy atom. The molecule has 0 unspecified atom stereocenters. The van der Waals surface area contributed by atoms with E-state index in [4.69, 9.17) is 9.72 Å². The lowest BCUT2D eigenvalue weighted by Crippen LogP contribution is -2.41. The molecule has 1 aliphatic rings. The lowest BCUT2D eigenvalue weighted by Gasteiger charge is -2.32. The maximum absolute atomic E-state index is 12.7. The molecule has 162 valence electrons. The van der Waals surface area contributed by atoms with Gasteiger partial charge in [0.25, 0.3) is 0 Å².